The van der Waals surface area contributed by atoms with Gasteiger partial charge in [0.15, 0.2) is 0 Å². The average Bonchev–Trinajstić information content (AvgIpc) is 2.99. The first-order chi connectivity index (χ1) is 10.3. The number of hydrogen-bond donors (Lipinski definition) is 1. The molecule has 0 unspecified atom stereocenters. The lowest BCUT2D eigenvalue weighted by molar-refractivity contribution is 0.414. The van der Waals surface area contributed by atoms with Crippen LogP contribution in [0, 0.1) is 0 Å². The number of rotatable bonds is 5. The minimum Gasteiger partial charge on any atom is -0.497 e. The minimum absolute atomic E-state index is 0.671. The highest BCUT2D eigenvalue weighted by atomic mass is 35.5. The Balaban J connectivity index is 1.68. The highest BCUT2D eigenvalue weighted by Crippen LogP contribution is 2.29. The molecule has 1 heterocycles. The predicted octanol–water partition coefficient (Wildman–Crippen LogP) is 4.01. The standard InChI is InChI=1S/C15H14ClN3OS/c1-20-11-4-2-10(3-5-11)8-9-17-14-12(16)6-7-13-15(14)19-21-18-13/h2-7,17H,8-9H2,1H3. The summed E-state index contributed by atoms with van der Waals surface area (Å²) in [6.45, 7) is 0.780. The lowest BCUT2D eigenvalue weighted by Gasteiger charge is -2.09. The molecule has 0 fully saturated rings. The van der Waals surface area contributed by atoms with Gasteiger partial charge in [0.2, 0.25) is 0 Å². The fourth-order valence-corrected chi connectivity index (χ4v) is 2.88. The van der Waals surface area contributed by atoms with E-state index in [1.165, 1.54) is 17.3 Å². The van der Waals surface area contributed by atoms with E-state index in [2.05, 4.69) is 26.2 Å². The van der Waals surface area contributed by atoms with Gasteiger partial charge in [-0.25, -0.2) is 0 Å². The van der Waals surface area contributed by atoms with Crippen LogP contribution in [0.1, 0.15) is 5.56 Å². The molecular weight excluding hydrogens is 306 g/mol. The van der Waals surface area contributed by atoms with Crippen LogP contribution < -0.4 is 10.1 Å². The van der Waals surface area contributed by atoms with E-state index in [-0.39, 0.29) is 0 Å². The zero-order chi connectivity index (χ0) is 14.7. The fourth-order valence-electron chi connectivity index (χ4n) is 2.12. The van der Waals surface area contributed by atoms with Crippen molar-refractivity contribution in [1.82, 2.24) is 8.75 Å². The normalized spacial score (nSPS) is 10.8. The van der Waals surface area contributed by atoms with Gasteiger partial charge in [0, 0.05) is 6.54 Å². The lowest BCUT2D eigenvalue weighted by Crippen LogP contribution is -2.05. The Bertz CT molecular complexity index is 742. The third kappa shape index (κ3) is 3.09. The van der Waals surface area contributed by atoms with Gasteiger partial charge in [0.25, 0.3) is 0 Å². The summed E-state index contributed by atoms with van der Waals surface area (Å²) in [4.78, 5) is 0. The molecule has 6 heteroatoms. The van der Waals surface area contributed by atoms with Gasteiger partial charge in [0.1, 0.15) is 16.8 Å². The molecule has 0 aliphatic rings. The number of hydrogen-bond acceptors (Lipinski definition) is 5. The highest BCUT2D eigenvalue weighted by molar-refractivity contribution is 7.00. The van der Waals surface area contributed by atoms with E-state index < -0.39 is 0 Å². The molecule has 1 aromatic heterocycles. The molecule has 0 spiro atoms. The van der Waals surface area contributed by atoms with E-state index in [0.29, 0.717) is 5.02 Å². The number of ether oxygens (including phenoxy) is 1. The van der Waals surface area contributed by atoms with Crippen molar-refractivity contribution in [2.45, 2.75) is 6.42 Å². The number of nitrogens with one attached hydrogen (secondary N) is 1. The predicted molar refractivity (Wildman–Crippen MR) is 87.6 cm³/mol. The van der Waals surface area contributed by atoms with Crippen molar-refractivity contribution in [1.29, 1.82) is 0 Å². The Morgan fingerprint density at radius 1 is 1.14 bits per heavy atom. The van der Waals surface area contributed by atoms with Crippen molar-refractivity contribution in [2.75, 3.05) is 19.0 Å². The van der Waals surface area contributed by atoms with Gasteiger partial charge in [-0.1, -0.05) is 23.7 Å². The molecular formula is C15H14ClN3OS. The molecule has 0 aliphatic carbocycles. The lowest BCUT2D eigenvalue weighted by atomic mass is 10.1. The maximum absolute atomic E-state index is 6.24. The van der Waals surface area contributed by atoms with Crippen molar-refractivity contribution in [3.8, 4) is 5.75 Å². The van der Waals surface area contributed by atoms with Crippen LogP contribution in [0.5, 0.6) is 5.75 Å². The molecule has 3 aromatic rings. The van der Waals surface area contributed by atoms with Crippen LogP contribution in [0.2, 0.25) is 5.02 Å². The molecule has 0 atom stereocenters. The molecule has 0 bridgehead atoms. The van der Waals surface area contributed by atoms with Gasteiger partial charge in [-0.3, -0.25) is 0 Å². The zero-order valence-electron chi connectivity index (χ0n) is 11.5. The summed E-state index contributed by atoms with van der Waals surface area (Å²) in [6, 6.07) is 11.8. The second-order valence-electron chi connectivity index (χ2n) is 4.58. The van der Waals surface area contributed by atoms with Crippen LogP contribution in [-0.2, 0) is 6.42 Å². The van der Waals surface area contributed by atoms with Crippen LogP contribution in [-0.4, -0.2) is 22.4 Å². The minimum atomic E-state index is 0.671. The molecule has 4 nitrogen and oxygen atoms in total. The SMILES string of the molecule is COc1ccc(CCNc2c(Cl)ccc3nsnc23)cc1. The number of fused-ring (bicyclic) bond motifs is 1. The van der Waals surface area contributed by atoms with Gasteiger partial charge in [-0.2, -0.15) is 8.75 Å². The molecule has 108 valence electrons. The van der Waals surface area contributed by atoms with Crippen molar-refractivity contribution in [3.05, 3.63) is 47.0 Å². The molecule has 3 rings (SSSR count). The smallest absolute Gasteiger partial charge is 0.129 e. The Kier molecular flexibility index (Phi) is 4.22. The summed E-state index contributed by atoms with van der Waals surface area (Å²) < 4.78 is 13.7. The van der Waals surface area contributed by atoms with Gasteiger partial charge >= 0.3 is 0 Å². The summed E-state index contributed by atoms with van der Waals surface area (Å²) in [7, 11) is 1.67. The largest absolute Gasteiger partial charge is 0.497 e. The van der Waals surface area contributed by atoms with E-state index in [9.17, 15) is 0 Å². The number of methoxy groups -OCH3 is 1. The number of nitrogens with zero attached hydrogens (tertiary/aromatic N) is 2. The van der Waals surface area contributed by atoms with Crippen molar-refractivity contribution >= 4 is 40.0 Å². The van der Waals surface area contributed by atoms with Gasteiger partial charge < -0.3 is 10.1 Å². The molecule has 0 aliphatic heterocycles. The van der Waals surface area contributed by atoms with E-state index in [0.717, 1.165) is 35.4 Å². The molecule has 2 aromatic carbocycles. The van der Waals surface area contributed by atoms with E-state index >= 15 is 0 Å². The van der Waals surface area contributed by atoms with Crippen LogP contribution in [0.4, 0.5) is 5.69 Å². The molecule has 0 saturated carbocycles. The summed E-state index contributed by atoms with van der Waals surface area (Å²) in [5.74, 6) is 0.869. The quantitative estimate of drug-likeness (QED) is 0.772. The third-order valence-corrected chi connectivity index (χ3v) is 4.11. The topological polar surface area (TPSA) is 47.0 Å². The number of benzene rings is 2. The summed E-state index contributed by atoms with van der Waals surface area (Å²) in [5.41, 5.74) is 3.80. The Labute approximate surface area is 132 Å². The number of halogens is 1. The van der Waals surface area contributed by atoms with Gasteiger partial charge in [-0.05, 0) is 36.2 Å². The summed E-state index contributed by atoms with van der Waals surface area (Å²) >= 11 is 7.44. The van der Waals surface area contributed by atoms with Crippen LogP contribution in [0.3, 0.4) is 0 Å². The van der Waals surface area contributed by atoms with Crippen LogP contribution >= 0.6 is 23.3 Å². The maximum atomic E-state index is 6.24. The van der Waals surface area contributed by atoms with E-state index in [4.69, 9.17) is 16.3 Å². The molecule has 0 radical (unpaired) electrons. The molecule has 0 saturated heterocycles. The van der Waals surface area contributed by atoms with Gasteiger partial charge in [0.05, 0.1) is 29.5 Å². The van der Waals surface area contributed by atoms with Crippen LogP contribution in [0.25, 0.3) is 11.0 Å². The molecule has 1 N–H and O–H groups in total. The first-order valence-corrected chi connectivity index (χ1v) is 7.66. The first kappa shape index (κ1) is 14.1. The monoisotopic (exact) mass is 319 g/mol. The van der Waals surface area contributed by atoms with Crippen molar-refractivity contribution in [3.63, 3.8) is 0 Å². The Hall–Kier alpha value is -1.85. The number of aromatic nitrogens is 2. The van der Waals surface area contributed by atoms with Gasteiger partial charge in [-0.15, -0.1) is 0 Å². The second kappa shape index (κ2) is 6.28. The number of anilines is 1. The Morgan fingerprint density at radius 2 is 1.95 bits per heavy atom. The molecule has 21 heavy (non-hydrogen) atoms. The maximum Gasteiger partial charge on any atom is 0.129 e. The van der Waals surface area contributed by atoms with Crippen molar-refractivity contribution in [2.24, 2.45) is 0 Å². The summed E-state index contributed by atoms with van der Waals surface area (Å²) in [6.07, 6.45) is 0.897. The fraction of sp³-hybridized carbons (Fsp3) is 0.200. The van der Waals surface area contributed by atoms with E-state index in [1.54, 1.807) is 7.11 Å². The second-order valence-corrected chi connectivity index (χ2v) is 5.51. The zero-order valence-corrected chi connectivity index (χ0v) is 13.0. The van der Waals surface area contributed by atoms with E-state index in [1.807, 2.05) is 24.3 Å². The Morgan fingerprint density at radius 3 is 2.71 bits per heavy atom. The highest BCUT2D eigenvalue weighted by Gasteiger charge is 2.09. The molecule has 0 amide bonds. The summed E-state index contributed by atoms with van der Waals surface area (Å²) in [5, 5.41) is 4.03. The third-order valence-electron chi connectivity index (χ3n) is 3.25. The first-order valence-electron chi connectivity index (χ1n) is 6.55. The average molecular weight is 320 g/mol. The van der Waals surface area contributed by atoms with Crippen molar-refractivity contribution < 1.29 is 4.74 Å². The van der Waals surface area contributed by atoms with Crippen LogP contribution in [0.15, 0.2) is 36.4 Å².